The van der Waals surface area contributed by atoms with Gasteiger partial charge in [0.2, 0.25) is 0 Å². The molecule has 0 bridgehead atoms. The first-order valence-electron chi connectivity index (χ1n) is 6.04. The minimum Gasteiger partial charge on any atom is -0.328 e. The van der Waals surface area contributed by atoms with Crippen LogP contribution < -0.4 is 0 Å². The van der Waals surface area contributed by atoms with Crippen molar-refractivity contribution >= 4 is 0 Å². The third kappa shape index (κ3) is 2.82. The van der Waals surface area contributed by atoms with E-state index in [4.69, 9.17) is 0 Å². The van der Waals surface area contributed by atoms with Crippen LogP contribution >= 0.6 is 0 Å². The van der Waals surface area contributed by atoms with Crippen LogP contribution in [0, 0.1) is 0 Å². The molecule has 1 heterocycles. The van der Waals surface area contributed by atoms with Crippen LogP contribution in [0.5, 0.6) is 0 Å². The predicted molar refractivity (Wildman–Crippen MR) is 64.9 cm³/mol. The number of quaternary nitrogens is 1. The Morgan fingerprint density at radius 1 is 1.00 bits per heavy atom. The van der Waals surface area contributed by atoms with Gasteiger partial charge < -0.3 is 4.48 Å². The summed E-state index contributed by atoms with van der Waals surface area (Å²) in [5.41, 5.74) is 1.54. The summed E-state index contributed by atoms with van der Waals surface area (Å²) in [5.74, 6) is 0.797. The summed E-state index contributed by atoms with van der Waals surface area (Å²) in [6.07, 6.45) is 4.08. The average molecular weight is 204 g/mol. The molecule has 1 atom stereocenters. The van der Waals surface area contributed by atoms with Crippen LogP contribution in [-0.4, -0.2) is 31.7 Å². The normalized spacial score (nSPS) is 25.9. The SMILES string of the molecule is C[N+]1(C)CCCC(c2ccccc2)CC1. The number of nitrogens with zero attached hydrogens (tertiary/aromatic N) is 1. The zero-order valence-corrected chi connectivity index (χ0v) is 9.95. The maximum atomic E-state index is 2.35. The van der Waals surface area contributed by atoms with Crippen LogP contribution in [0.4, 0.5) is 0 Å². The van der Waals surface area contributed by atoms with Crippen molar-refractivity contribution in [3.05, 3.63) is 35.9 Å². The predicted octanol–water partition coefficient (Wildman–Crippen LogP) is 3.03. The van der Waals surface area contributed by atoms with Crippen LogP contribution in [0.1, 0.15) is 30.7 Å². The van der Waals surface area contributed by atoms with Gasteiger partial charge in [-0.1, -0.05) is 30.3 Å². The topological polar surface area (TPSA) is 0 Å². The molecule has 0 aromatic heterocycles. The quantitative estimate of drug-likeness (QED) is 0.617. The first-order chi connectivity index (χ1) is 7.17. The number of hydrogen-bond acceptors (Lipinski definition) is 0. The maximum absolute atomic E-state index is 2.35. The highest BCUT2D eigenvalue weighted by atomic mass is 15.3. The summed E-state index contributed by atoms with van der Waals surface area (Å²) in [4.78, 5) is 0. The summed E-state index contributed by atoms with van der Waals surface area (Å²) < 4.78 is 1.20. The Morgan fingerprint density at radius 3 is 2.47 bits per heavy atom. The molecule has 0 amide bonds. The van der Waals surface area contributed by atoms with Crippen LogP contribution in [0.2, 0.25) is 0 Å². The van der Waals surface area contributed by atoms with Crippen LogP contribution in [0.15, 0.2) is 30.3 Å². The van der Waals surface area contributed by atoms with E-state index in [0.717, 1.165) is 5.92 Å². The lowest BCUT2D eigenvalue weighted by Gasteiger charge is -2.27. The Morgan fingerprint density at radius 2 is 1.73 bits per heavy atom. The van der Waals surface area contributed by atoms with Crippen molar-refractivity contribution in [3.63, 3.8) is 0 Å². The van der Waals surface area contributed by atoms with Crippen LogP contribution in [0.3, 0.4) is 0 Å². The van der Waals surface area contributed by atoms with E-state index in [1.54, 1.807) is 5.56 Å². The molecule has 82 valence electrons. The lowest BCUT2D eigenvalue weighted by molar-refractivity contribution is -0.889. The number of hydrogen-bond donors (Lipinski definition) is 0. The molecule has 1 unspecified atom stereocenters. The summed E-state index contributed by atoms with van der Waals surface area (Å²) in [5, 5.41) is 0. The smallest absolute Gasteiger partial charge is 0.0788 e. The third-order valence-electron chi connectivity index (χ3n) is 3.67. The first kappa shape index (κ1) is 10.7. The van der Waals surface area contributed by atoms with E-state index in [1.807, 2.05) is 0 Å². The highest BCUT2D eigenvalue weighted by molar-refractivity contribution is 5.19. The maximum Gasteiger partial charge on any atom is 0.0788 e. The van der Waals surface area contributed by atoms with E-state index in [1.165, 1.54) is 36.8 Å². The molecule has 1 fully saturated rings. The van der Waals surface area contributed by atoms with E-state index in [9.17, 15) is 0 Å². The van der Waals surface area contributed by atoms with Crippen molar-refractivity contribution in [2.45, 2.75) is 25.2 Å². The molecule has 1 aliphatic rings. The third-order valence-corrected chi connectivity index (χ3v) is 3.67. The zero-order chi connectivity index (χ0) is 10.7. The largest absolute Gasteiger partial charge is 0.328 e. The highest BCUT2D eigenvalue weighted by Gasteiger charge is 2.23. The Balaban J connectivity index is 2.06. The fraction of sp³-hybridized carbons (Fsp3) is 0.571. The summed E-state index contributed by atoms with van der Waals surface area (Å²) in [6.45, 7) is 2.66. The Kier molecular flexibility index (Phi) is 3.11. The number of benzene rings is 1. The van der Waals surface area contributed by atoms with Gasteiger partial charge in [0.05, 0.1) is 27.2 Å². The summed E-state index contributed by atoms with van der Waals surface area (Å²) in [6, 6.07) is 11.0. The molecule has 15 heavy (non-hydrogen) atoms. The summed E-state index contributed by atoms with van der Waals surface area (Å²) >= 11 is 0. The van der Waals surface area contributed by atoms with E-state index < -0.39 is 0 Å². The van der Waals surface area contributed by atoms with E-state index in [-0.39, 0.29) is 0 Å². The second-order valence-electron chi connectivity index (χ2n) is 5.42. The lowest BCUT2D eigenvalue weighted by atomic mass is 9.92. The summed E-state index contributed by atoms with van der Waals surface area (Å²) in [7, 11) is 4.71. The van der Waals surface area contributed by atoms with Crippen molar-refractivity contribution in [2.24, 2.45) is 0 Å². The van der Waals surface area contributed by atoms with Gasteiger partial charge in [-0.15, -0.1) is 0 Å². The standard InChI is InChI=1S/C14H22N/c1-15(2)11-6-9-14(10-12-15)13-7-4-3-5-8-13/h3-5,7-8,14H,6,9-12H2,1-2H3/q+1. The number of likely N-dealkylation sites (tertiary alicyclic amines) is 1. The van der Waals surface area contributed by atoms with Crippen molar-refractivity contribution in [1.82, 2.24) is 0 Å². The zero-order valence-electron chi connectivity index (χ0n) is 9.95. The first-order valence-corrected chi connectivity index (χ1v) is 6.04. The minimum absolute atomic E-state index is 0.797. The average Bonchev–Trinajstić information content (AvgIpc) is 2.41. The molecule has 1 heteroatoms. The molecule has 0 N–H and O–H groups in total. The molecule has 0 spiro atoms. The van der Waals surface area contributed by atoms with Gasteiger partial charge in [0.25, 0.3) is 0 Å². The van der Waals surface area contributed by atoms with Crippen LogP contribution in [-0.2, 0) is 0 Å². The molecule has 0 aliphatic carbocycles. The molecule has 1 aromatic carbocycles. The number of rotatable bonds is 1. The lowest BCUT2D eigenvalue weighted by Crippen LogP contribution is -2.40. The van der Waals surface area contributed by atoms with Crippen molar-refractivity contribution < 1.29 is 4.48 Å². The molecule has 1 aliphatic heterocycles. The van der Waals surface area contributed by atoms with E-state index in [2.05, 4.69) is 44.4 Å². The molecular formula is C14H22N+. The van der Waals surface area contributed by atoms with Gasteiger partial charge in [-0.05, 0) is 24.3 Å². The highest BCUT2D eigenvalue weighted by Crippen LogP contribution is 2.28. The molecule has 1 nitrogen and oxygen atoms in total. The van der Waals surface area contributed by atoms with Gasteiger partial charge in [0.1, 0.15) is 0 Å². The van der Waals surface area contributed by atoms with Crippen LogP contribution in [0.25, 0.3) is 0 Å². The fourth-order valence-electron chi connectivity index (χ4n) is 2.59. The molecule has 0 saturated carbocycles. The molecule has 0 radical (unpaired) electrons. The van der Waals surface area contributed by atoms with Gasteiger partial charge in [0, 0.05) is 6.42 Å². The molecule has 2 rings (SSSR count). The van der Waals surface area contributed by atoms with E-state index in [0.29, 0.717) is 0 Å². The minimum atomic E-state index is 0.797. The Hall–Kier alpha value is -0.820. The van der Waals surface area contributed by atoms with Gasteiger partial charge >= 0.3 is 0 Å². The van der Waals surface area contributed by atoms with Crippen molar-refractivity contribution in [1.29, 1.82) is 0 Å². The molecule has 1 saturated heterocycles. The second kappa shape index (κ2) is 4.36. The van der Waals surface area contributed by atoms with E-state index >= 15 is 0 Å². The molecular weight excluding hydrogens is 182 g/mol. The van der Waals surface area contributed by atoms with Gasteiger partial charge in [-0.3, -0.25) is 0 Å². The van der Waals surface area contributed by atoms with Crippen molar-refractivity contribution in [2.75, 3.05) is 27.2 Å². The fourth-order valence-corrected chi connectivity index (χ4v) is 2.59. The second-order valence-corrected chi connectivity index (χ2v) is 5.42. The van der Waals surface area contributed by atoms with Gasteiger partial charge in [-0.25, -0.2) is 0 Å². The monoisotopic (exact) mass is 204 g/mol. The molecule has 1 aromatic rings. The van der Waals surface area contributed by atoms with Gasteiger partial charge in [0.15, 0.2) is 0 Å². The Labute approximate surface area is 93.3 Å². The Bertz CT molecular complexity index is 302. The van der Waals surface area contributed by atoms with Crippen molar-refractivity contribution in [3.8, 4) is 0 Å². The van der Waals surface area contributed by atoms with Gasteiger partial charge in [-0.2, -0.15) is 0 Å².